The molecule has 1 aromatic heterocycles. The first kappa shape index (κ1) is 14.1. The van der Waals surface area contributed by atoms with Crippen LogP contribution < -0.4 is 0 Å². The largest absolute Gasteiger partial charge is 0.443 e. The van der Waals surface area contributed by atoms with Gasteiger partial charge in [0.05, 0.1) is 4.88 Å². The van der Waals surface area contributed by atoms with E-state index in [1.54, 1.807) is 0 Å². The van der Waals surface area contributed by atoms with E-state index in [1.807, 2.05) is 0 Å². The van der Waals surface area contributed by atoms with Crippen LogP contribution >= 0.6 is 27.3 Å². The second-order valence-electron chi connectivity index (χ2n) is 3.48. The Kier molecular flexibility index (Phi) is 3.73. The number of alkyl halides is 3. The number of halogens is 5. The predicted molar refractivity (Wildman–Crippen MR) is 64.6 cm³/mol. The molecule has 0 saturated heterocycles. The number of hydrogen-bond donors (Lipinski definition) is 0. The van der Waals surface area contributed by atoms with Crippen molar-refractivity contribution in [2.45, 2.75) is 6.18 Å². The van der Waals surface area contributed by atoms with Gasteiger partial charge in [-0.1, -0.05) is 15.9 Å². The van der Waals surface area contributed by atoms with E-state index in [0.717, 1.165) is 18.3 Å². The number of aromatic nitrogens is 1. The van der Waals surface area contributed by atoms with Gasteiger partial charge < -0.3 is 0 Å². The molecule has 0 fully saturated rings. The van der Waals surface area contributed by atoms with E-state index < -0.39 is 22.8 Å². The minimum Gasteiger partial charge on any atom is -0.288 e. The van der Waals surface area contributed by atoms with Crippen molar-refractivity contribution in [1.29, 1.82) is 0 Å². The highest BCUT2D eigenvalue weighted by Crippen LogP contribution is 2.33. The molecule has 0 atom stereocenters. The molecule has 8 heteroatoms. The fraction of sp³-hybridized carbons (Fsp3) is 0.0909. The molecule has 0 unspecified atom stereocenters. The molecule has 0 saturated carbocycles. The third kappa shape index (κ3) is 3.01. The van der Waals surface area contributed by atoms with Crippen LogP contribution in [0.25, 0.3) is 0 Å². The van der Waals surface area contributed by atoms with Crippen molar-refractivity contribution < 1.29 is 22.4 Å². The van der Waals surface area contributed by atoms with Gasteiger partial charge in [-0.15, -0.1) is 11.3 Å². The Morgan fingerprint density at radius 3 is 2.58 bits per heavy atom. The highest BCUT2D eigenvalue weighted by atomic mass is 79.9. The van der Waals surface area contributed by atoms with Gasteiger partial charge in [-0.2, -0.15) is 13.2 Å². The molecule has 0 radical (unpaired) electrons. The van der Waals surface area contributed by atoms with E-state index in [0.29, 0.717) is 4.47 Å². The summed E-state index contributed by atoms with van der Waals surface area (Å²) in [5, 5.41) is -1.11. The molecule has 0 aliphatic rings. The van der Waals surface area contributed by atoms with Crippen molar-refractivity contribution in [3.63, 3.8) is 0 Å². The molecule has 0 aliphatic heterocycles. The summed E-state index contributed by atoms with van der Waals surface area (Å²) in [6.45, 7) is 0. The average molecular weight is 354 g/mol. The zero-order valence-corrected chi connectivity index (χ0v) is 11.4. The highest BCUT2D eigenvalue weighted by Gasteiger charge is 2.35. The predicted octanol–water partition coefficient (Wildman–Crippen LogP) is 4.29. The summed E-state index contributed by atoms with van der Waals surface area (Å²) >= 11 is 3.28. The van der Waals surface area contributed by atoms with E-state index in [4.69, 9.17) is 0 Å². The molecule has 100 valence electrons. The van der Waals surface area contributed by atoms with E-state index >= 15 is 0 Å². The number of nitrogens with zero attached hydrogens (tertiary/aromatic N) is 1. The van der Waals surface area contributed by atoms with Crippen molar-refractivity contribution in [2.75, 3.05) is 0 Å². The second kappa shape index (κ2) is 5.01. The molecule has 2 aromatic rings. The van der Waals surface area contributed by atoms with E-state index in [9.17, 15) is 22.4 Å². The van der Waals surface area contributed by atoms with Gasteiger partial charge >= 0.3 is 6.18 Å². The number of hydrogen-bond acceptors (Lipinski definition) is 3. The van der Waals surface area contributed by atoms with Crippen LogP contribution in [0.5, 0.6) is 0 Å². The Morgan fingerprint density at radius 1 is 1.32 bits per heavy atom. The Balaban J connectivity index is 2.39. The summed E-state index contributed by atoms with van der Waals surface area (Å²) in [7, 11) is 0. The summed E-state index contributed by atoms with van der Waals surface area (Å²) in [4.78, 5) is 14.9. The van der Waals surface area contributed by atoms with E-state index in [2.05, 4.69) is 20.9 Å². The fourth-order valence-corrected chi connectivity index (χ4v) is 2.48. The Hall–Kier alpha value is -1.28. The van der Waals surface area contributed by atoms with Gasteiger partial charge in [0.1, 0.15) is 5.82 Å². The maximum absolute atomic E-state index is 13.1. The van der Waals surface area contributed by atoms with Crippen molar-refractivity contribution in [2.24, 2.45) is 0 Å². The Bertz CT molecular complexity index is 638. The Morgan fingerprint density at radius 2 is 2.00 bits per heavy atom. The highest BCUT2D eigenvalue weighted by molar-refractivity contribution is 9.10. The number of thiazole rings is 1. The van der Waals surface area contributed by atoms with Crippen LogP contribution in [0.2, 0.25) is 0 Å². The zero-order chi connectivity index (χ0) is 14.2. The lowest BCUT2D eigenvalue weighted by Gasteiger charge is -2.02. The number of benzene rings is 1. The number of rotatable bonds is 2. The average Bonchev–Trinajstić information content (AvgIpc) is 2.80. The zero-order valence-electron chi connectivity index (χ0n) is 8.96. The first-order valence-electron chi connectivity index (χ1n) is 4.82. The first-order chi connectivity index (χ1) is 8.79. The third-order valence-corrected chi connectivity index (χ3v) is 3.88. The standard InChI is InChI=1S/C11H4BrF4NOS/c12-7-2-1-5(13)3-6(7)9(18)8-4-17-10(19-8)11(14,15)16/h1-4H. The van der Waals surface area contributed by atoms with Gasteiger partial charge in [0.25, 0.3) is 0 Å². The lowest BCUT2D eigenvalue weighted by molar-refractivity contribution is -0.137. The summed E-state index contributed by atoms with van der Waals surface area (Å²) < 4.78 is 50.5. The third-order valence-electron chi connectivity index (χ3n) is 2.15. The lowest BCUT2D eigenvalue weighted by Crippen LogP contribution is -2.03. The van der Waals surface area contributed by atoms with Crippen LogP contribution in [0.1, 0.15) is 20.2 Å². The van der Waals surface area contributed by atoms with Gasteiger partial charge in [0, 0.05) is 16.2 Å². The minimum atomic E-state index is -4.59. The monoisotopic (exact) mass is 353 g/mol. The van der Waals surface area contributed by atoms with Gasteiger partial charge in [-0.05, 0) is 18.2 Å². The van der Waals surface area contributed by atoms with Crippen molar-refractivity contribution in [3.8, 4) is 0 Å². The van der Waals surface area contributed by atoms with Gasteiger partial charge in [0.15, 0.2) is 5.01 Å². The van der Waals surface area contributed by atoms with E-state index in [-0.39, 0.29) is 21.8 Å². The maximum atomic E-state index is 13.1. The molecule has 0 aliphatic carbocycles. The summed E-state index contributed by atoms with van der Waals surface area (Å²) in [5.41, 5.74) is -0.0441. The molecule has 0 N–H and O–H groups in total. The molecule has 2 rings (SSSR count). The van der Waals surface area contributed by atoms with Crippen LogP contribution in [-0.4, -0.2) is 10.8 Å². The van der Waals surface area contributed by atoms with Crippen molar-refractivity contribution in [1.82, 2.24) is 4.98 Å². The minimum absolute atomic E-state index is 0.0441. The smallest absolute Gasteiger partial charge is 0.288 e. The maximum Gasteiger partial charge on any atom is 0.443 e. The van der Waals surface area contributed by atoms with Crippen molar-refractivity contribution >= 4 is 33.0 Å². The van der Waals surface area contributed by atoms with Crippen LogP contribution in [0.15, 0.2) is 28.9 Å². The summed E-state index contributed by atoms with van der Waals surface area (Å²) in [6, 6.07) is 3.41. The van der Waals surface area contributed by atoms with Gasteiger partial charge in [-0.3, -0.25) is 4.79 Å². The van der Waals surface area contributed by atoms with E-state index in [1.165, 1.54) is 6.07 Å². The molecule has 0 bridgehead atoms. The topological polar surface area (TPSA) is 30.0 Å². The van der Waals surface area contributed by atoms with Crippen LogP contribution in [0.4, 0.5) is 17.6 Å². The van der Waals surface area contributed by atoms with Crippen molar-refractivity contribution in [3.05, 3.63) is 50.1 Å². The number of carbonyl (C=O) groups is 1. The number of ketones is 1. The molecule has 1 aromatic carbocycles. The lowest BCUT2D eigenvalue weighted by atomic mass is 10.1. The van der Waals surface area contributed by atoms with Gasteiger partial charge in [-0.25, -0.2) is 9.37 Å². The molecule has 2 nitrogen and oxygen atoms in total. The van der Waals surface area contributed by atoms with Gasteiger partial charge in [0.2, 0.25) is 5.78 Å². The first-order valence-corrected chi connectivity index (χ1v) is 6.43. The SMILES string of the molecule is O=C(c1cnc(C(F)(F)F)s1)c1cc(F)ccc1Br. The molecular weight excluding hydrogens is 350 g/mol. The quantitative estimate of drug-likeness (QED) is 0.595. The fourth-order valence-electron chi connectivity index (χ4n) is 1.31. The molecule has 1 heterocycles. The van der Waals surface area contributed by atoms with Crippen LogP contribution in [0.3, 0.4) is 0 Å². The molecule has 0 amide bonds. The Labute approximate surface area is 117 Å². The molecule has 0 spiro atoms. The van der Waals surface area contributed by atoms with Crippen LogP contribution in [-0.2, 0) is 6.18 Å². The van der Waals surface area contributed by atoms with Crippen LogP contribution in [0, 0.1) is 5.82 Å². The normalized spacial score (nSPS) is 11.6. The number of carbonyl (C=O) groups excluding carboxylic acids is 1. The summed E-state index contributed by atoms with van der Waals surface area (Å²) in [6.07, 6.45) is -3.75. The molecule has 19 heavy (non-hydrogen) atoms. The second-order valence-corrected chi connectivity index (χ2v) is 5.37. The molecular formula is C11H4BrF4NOS. The summed E-state index contributed by atoms with van der Waals surface area (Å²) in [5.74, 6) is -1.36.